The number of nitrogens with zero attached hydrogens (tertiary/aromatic N) is 2. The second kappa shape index (κ2) is 8.55. The number of benzene rings is 1. The van der Waals surface area contributed by atoms with Crippen molar-refractivity contribution in [2.45, 2.75) is 39.3 Å². The van der Waals surface area contributed by atoms with Gasteiger partial charge in [-0.15, -0.1) is 0 Å². The zero-order valence-corrected chi connectivity index (χ0v) is 16.2. The van der Waals surface area contributed by atoms with E-state index < -0.39 is 17.6 Å². The van der Waals surface area contributed by atoms with Crippen LogP contribution in [0.3, 0.4) is 0 Å². The number of nitrogens with one attached hydrogen (secondary N) is 1. The summed E-state index contributed by atoms with van der Waals surface area (Å²) in [4.78, 5) is 17.1. The molecule has 0 atom stereocenters. The van der Waals surface area contributed by atoms with Crippen molar-refractivity contribution in [2.24, 2.45) is 0 Å². The number of rotatable bonds is 7. The van der Waals surface area contributed by atoms with Crippen LogP contribution in [0.4, 0.5) is 18.9 Å². The minimum Gasteiger partial charge on any atom is -0.494 e. The SMILES string of the molecule is CCCCOc1ccc(NC(=O)c2c(CC)nc3ccc(C(F)(F)F)cn23)cc1. The molecule has 2 aromatic heterocycles. The van der Waals surface area contributed by atoms with E-state index in [0.29, 0.717) is 35.8 Å². The summed E-state index contributed by atoms with van der Waals surface area (Å²) in [6, 6.07) is 9.08. The standard InChI is InChI=1S/C21H22F3N3O2/c1-3-5-12-29-16-9-7-15(8-10-16)25-20(28)19-17(4-2)26-18-11-6-14(13-27(18)19)21(22,23)24/h6-11,13H,3-5,12H2,1-2H3,(H,25,28). The van der Waals surface area contributed by atoms with E-state index in [0.717, 1.165) is 25.1 Å². The van der Waals surface area contributed by atoms with Gasteiger partial charge in [0, 0.05) is 11.9 Å². The Morgan fingerprint density at radius 3 is 2.48 bits per heavy atom. The van der Waals surface area contributed by atoms with Gasteiger partial charge in [0.1, 0.15) is 17.1 Å². The Morgan fingerprint density at radius 2 is 1.86 bits per heavy atom. The largest absolute Gasteiger partial charge is 0.494 e. The lowest BCUT2D eigenvalue weighted by Gasteiger charge is -2.10. The summed E-state index contributed by atoms with van der Waals surface area (Å²) in [6.45, 7) is 4.49. The van der Waals surface area contributed by atoms with Crippen molar-refractivity contribution in [3.63, 3.8) is 0 Å². The van der Waals surface area contributed by atoms with E-state index in [4.69, 9.17) is 4.74 Å². The Labute approximate surface area is 166 Å². The van der Waals surface area contributed by atoms with E-state index in [1.165, 1.54) is 10.5 Å². The fourth-order valence-electron chi connectivity index (χ4n) is 2.91. The molecule has 0 aliphatic heterocycles. The number of hydrogen-bond donors (Lipinski definition) is 1. The Morgan fingerprint density at radius 1 is 1.14 bits per heavy atom. The monoisotopic (exact) mass is 405 g/mol. The third-order valence-corrected chi connectivity index (χ3v) is 4.45. The van der Waals surface area contributed by atoms with Crippen molar-refractivity contribution in [2.75, 3.05) is 11.9 Å². The molecule has 154 valence electrons. The molecule has 0 saturated heterocycles. The van der Waals surface area contributed by atoms with Gasteiger partial charge in [-0.1, -0.05) is 20.3 Å². The minimum atomic E-state index is -4.51. The molecule has 1 aromatic carbocycles. The van der Waals surface area contributed by atoms with E-state index in [-0.39, 0.29) is 5.69 Å². The molecule has 0 aliphatic carbocycles. The number of alkyl halides is 3. The number of anilines is 1. The van der Waals surface area contributed by atoms with E-state index in [1.54, 1.807) is 31.2 Å². The van der Waals surface area contributed by atoms with Gasteiger partial charge in [0.05, 0.1) is 17.9 Å². The molecule has 0 saturated carbocycles. The van der Waals surface area contributed by atoms with Crippen molar-refractivity contribution in [3.05, 3.63) is 59.5 Å². The molecular weight excluding hydrogens is 383 g/mol. The molecule has 0 fully saturated rings. The van der Waals surface area contributed by atoms with Crippen LogP contribution in [0.25, 0.3) is 5.65 Å². The Balaban J connectivity index is 1.86. The lowest BCUT2D eigenvalue weighted by molar-refractivity contribution is -0.137. The molecular formula is C21H22F3N3O2. The first-order chi connectivity index (χ1) is 13.8. The van der Waals surface area contributed by atoms with Gasteiger partial charge in [-0.25, -0.2) is 4.98 Å². The number of aromatic nitrogens is 2. The van der Waals surface area contributed by atoms with Crippen LogP contribution in [0.5, 0.6) is 5.75 Å². The smallest absolute Gasteiger partial charge is 0.417 e. The van der Waals surface area contributed by atoms with Gasteiger partial charge >= 0.3 is 6.18 Å². The number of pyridine rings is 1. The first kappa shape index (κ1) is 20.7. The summed E-state index contributed by atoms with van der Waals surface area (Å²) in [6.07, 6.45) is -1.21. The fourth-order valence-corrected chi connectivity index (χ4v) is 2.91. The maximum Gasteiger partial charge on any atom is 0.417 e. The molecule has 0 unspecified atom stereocenters. The third-order valence-electron chi connectivity index (χ3n) is 4.45. The highest BCUT2D eigenvalue weighted by molar-refractivity contribution is 6.04. The normalized spacial score (nSPS) is 11.6. The quantitative estimate of drug-likeness (QED) is 0.540. The topological polar surface area (TPSA) is 55.6 Å². The lowest BCUT2D eigenvalue weighted by Crippen LogP contribution is -2.17. The van der Waals surface area contributed by atoms with Crippen molar-refractivity contribution >= 4 is 17.2 Å². The zero-order chi connectivity index (χ0) is 21.0. The zero-order valence-electron chi connectivity index (χ0n) is 16.2. The molecule has 2 heterocycles. The van der Waals surface area contributed by atoms with Crippen molar-refractivity contribution < 1.29 is 22.7 Å². The van der Waals surface area contributed by atoms with Crippen LogP contribution in [0.1, 0.15) is 48.4 Å². The summed E-state index contributed by atoms with van der Waals surface area (Å²) in [5.41, 5.74) is 0.493. The maximum atomic E-state index is 13.1. The van der Waals surface area contributed by atoms with Crippen LogP contribution in [0.2, 0.25) is 0 Å². The number of halogens is 3. The van der Waals surface area contributed by atoms with Crippen molar-refractivity contribution in [1.82, 2.24) is 9.38 Å². The fraction of sp³-hybridized carbons (Fsp3) is 0.333. The van der Waals surface area contributed by atoms with Crippen LogP contribution < -0.4 is 10.1 Å². The molecule has 3 rings (SSSR count). The second-order valence-corrected chi connectivity index (χ2v) is 6.58. The predicted molar refractivity (Wildman–Crippen MR) is 104 cm³/mol. The van der Waals surface area contributed by atoms with Crippen molar-refractivity contribution in [1.29, 1.82) is 0 Å². The van der Waals surface area contributed by atoms with Gasteiger partial charge < -0.3 is 10.1 Å². The van der Waals surface area contributed by atoms with Crippen LogP contribution in [0, 0.1) is 0 Å². The average molecular weight is 405 g/mol. The predicted octanol–water partition coefficient (Wildman–Crippen LogP) is 5.35. The van der Waals surface area contributed by atoms with Crippen LogP contribution in [0.15, 0.2) is 42.6 Å². The number of unbranched alkanes of at least 4 members (excludes halogenated alkanes) is 1. The number of amides is 1. The molecule has 5 nitrogen and oxygen atoms in total. The van der Waals surface area contributed by atoms with E-state index in [1.807, 2.05) is 0 Å². The van der Waals surface area contributed by atoms with Gasteiger partial charge in [-0.05, 0) is 49.2 Å². The summed E-state index contributed by atoms with van der Waals surface area (Å²) in [5.74, 6) is 0.170. The molecule has 0 aliphatic rings. The van der Waals surface area contributed by atoms with E-state index >= 15 is 0 Å². The minimum absolute atomic E-state index is 0.0943. The number of carbonyl (C=O) groups excluding carboxylic acids is 1. The van der Waals surface area contributed by atoms with Gasteiger partial charge in [0.25, 0.3) is 5.91 Å². The Hall–Kier alpha value is -3.03. The van der Waals surface area contributed by atoms with E-state index in [2.05, 4.69) is 17.2 Å². The van der Waals surface area contributed by atoms with Crippen LogP contribution in [-0.4, -0.2) is 21.9 Å². The summed E-state index contributed by atoms with van der Waals surface area (Å²) >= 11 is 0. The molecule has 1 amide bonds. The summed E-state index contributed by atoms with van der Waals surface area (Å²) in [5, 5.41) is 2.73. The Bertz CT molecular complexity index is 995. The highest BCUT2D eigenvalue weighted by Crippen LogP contribution is 2.30. The lowest BCUT2D eigenvalue weighted by atomic mass is 10.2. The molecule has 0 spiro atoms. The van der Waals surface area contributed by atoms with Gasteiger partial charge in [-0.2, -0.15) is 13.2 Å². The van der Waals surface area contributed by atoms with Crippen LogP contribution in [-0.2, 0) is 12.6 Å². The van der Waals surface area contributed by atoms with E-state index in [9.17, 15) is 18.0 Å². The number of carbonyl (C=O) groups is 1. The highest BCUT2D eigenvalue weighted by atomic mass is 19.4. The number of ether oxygens (including phenoxy) is 1. The number of aryl methyl sites for hydroxylation is 1. The number of fused-ring (bicyclic) bond motifs is 1. The first-order valence-corrected chi connectivity index (χ1v) is 9.45. The van der Waals surface area contributed by atoms with Gasteiger partial charge in [0.15, 0.2) is 0 Å². The van der Waals surface area contributed by atoms with Gasteiger partial charge in [0.2, 0.25) is 0 Å². The Kier molecular flexibility index (Phi) is 6.10. The molecule has 0 radical (unpaired) electrons. The molecule has 8 heteroatoms. The summed E-state index contributed by atoms with van der Waals surface area (Å²) < 4.78 is 46.0. The number of hydrogen-bond acceptors (Lipinski definition) is 3. The van der Waals surface area contributed by atoms with Gasteiger partial charge in [-0.3, -0.25) is 9.20 Å². The molecule has 1 N–H and O–H groups in total. The highest BCUT2D eigenvalue weighted by Gasteiger charge is 2.31. The summed E-state index contributed by atoms with van der Waals surface area (Å²) in [7, 11) is 0. The van der Waals surface area contributed by atoms with Crippen LogP contribution >= 0.6 is 0 Å². The molecule has 29 heavy (non-hydrogen) atoms. The second-order valence-electron chi connectivity index (χ2n) is 6.58. The third kappa shape index (κ3) is 4.70. The molecule has 0 bridgehead atoms. The number of imidazole rings is 1. The van der Waals surface area contributed by atoms with Crippen molar-refractivity contribution in [3.8, 4) is 5.75 Å². The maximum absolute atomic E-state index is 13.1. The average Bonchev–Trinajstić information content (AvgIpc) is 3.07. The first-order valence-electron chi connectivity index (χ1n) is 9.45. The molecule has 3 aromatic rings.